The van der Waals surface area contributed by atoms with E-state index in [2.05, 4.69) is 5.32 Å². The molecule has 0 bridgehead atoms. The zero-order valence-corrected chi connectivity index (χ0v) is 12.8. The summed E-state index contributed by atoms with van der Waals surface area (Å²) in [5, 5.41) is 11.8. The van der Waals surface area contributed by atoms with E-state index >= 15 is 0 Å². The highest BCUT2D eigenvalue weighted by atomic mass is 16.5. The lowest BCUT2D eigenvalue weighted by Gasteiger charge is -2.32. The molecule has 1 aromatic carbocycles. The summed E-state index contributed by atoms with van der Waals surface area (Å²) < 4.78 is 5.35. The van der Waals surface area contributed by atoms with E-state index in [9.17, 15) is 9.59 Å². The number of carboxylic acid groups (broad SMARTS) is 1. The predicted octanol–water partition coefficient (Wildman–Crippen LogP) is 1.88. The monoisotopic (exact) mass is 294 g/mol. The van der Waals surface area contributed by atoms with Gasteiger partial charge in [0, 0.05) is 20.7 Å². The van der Waals surface area contributed by atoms with Crippen LogP contribution in [0.5, 0.6) is 0 Å². The lowest BCUT2D eigenvalue weighted by Crippen LogP contribution is -2.54. The summed E-state index contributed by atoms with van der Waals surface area (Å²) in [6, 6.07) is 9.04. The molecule has 116 valence electrons. The number of nitrogens with zero attached hydrogens (tertiary/aromatic N) is 1. The minimum Gasteiger partial charge on any atom is -0.480 e. The first kappa shape index (κ1) is 17.0. The number of urea groups is 1. The maximum absolute atomic E-state index is 12.0. The Morgan fingerprint density at radius 2 is 1.90 bits per heavy atom. The van der Waals surface area contributed by atoms with Crippen LogP contribution in [-0.4, -0.2) is 48.2 Å². The smallest absolute Gasteiger partial charge is 0.329 e. The van der Waals surface area contributed by atoms with Crippen molar-refractivity contribution in [2.24, 2.45) is 0 Å². The number of rotatable bonds is 6. The molecule has 1 atom stereocenters. The minimum absolute atomic E-state index is 0.263. The van der Waals surface area contributed by atoms with Crippen LogP contribution in [0.25, 0.3) is 0 Å². The van der Waals surface area contributed by atoms with E-state index in [1.165, 1.54) is 20.9 Å². The highest BCUT2D eigenvalue weighted by Gasteiger charge is 2.35. The van der Waals surface area contributed by atoms with Crippen LogP contribution in [0.2, 0.25) is 0 Å². The second-order valence-electron chi connectivity index (χ2n) is 5.24. The van der Waals surface area contributed by atoms with Crippen molar-refractivity contribution in [3.63, 3.8) is 0 Å². The van der Waals surface area contributed by atoms with Gasteiger partial charge < -0.3 is 20.1 Å². The summed E-state index contributed by atoms with van der Waals surface area (Å²) in [7, 11) is 3.02. The Morgan fingerprint density at radius 3 is 2.38 bits per heavy atom. The minimum atomic E-state index is -1.28. The molecule has 1 aromatic rings. The van der Waals surface area contributed by atoms with Crippen molar-refractivity contribution in [3.05, 3.63) is 35.9 Å². The molecule has 2 N–H and O–H groups in total. The van der Waals surface area contributed by atoms with Crippen molar-refractivity contribution in [1.29, 1.82) is 0 Å². The standard InChI is InChI=1S/C15H22N2O4/c1-15(2,13(18)19)17(3)14(20)16-10-12(21-4)11-8-6-5-7-9-11/h5-9,12H,10H2,1-4H3,(H,16,20)(H,18,19). The fourth-order valence-corrected chi connectivity index (χ4v) is 1.70. The number of carboxylic acids is 1. The van der Waals surface area contributed by atoms with E-state index in [0.717, 1.165) is 10.5 Å². The Balaban J connectivity index is 2.65. The Morgan fingerprint density at radius 1 is 1.33 bits per heavy atom. The molecular weight excluding hydrogens is 272 g/mol. The Hall–Kier alpha value is -2.08. The maximum atomic E-state index is 12.0. The molecule has 1 unspecified atom stereocenters. The number of hydrogen-bond donors (Lipinski definition) is 2. The van der Waals surface area contributed by atoms with Gasteiger partial charge in [0.25, 0.3) is 0 Å². The summed E-state index contributed by atoms with van der Waals surface area (Å²) in [4.78, 5) is 24.3. The van der Waals surface area contributed by atoms with Crippen LogP contribution in [0.4, 0.5) is 4.79 Å². The molecule has 1 rings (SSSR count). The van der Waals surface area contributed by atoms with Crippen LogP contribution in [0.15, 0.2) is 30.3 Å². The summed E-state index contributed by atoms with van der Waals surface area (Å²) in [5.74, 6) is -1.06. The third kappa shape index (κ3) is 4.19. The van der Waals surface area contributed by atoms with Crippen LogP contribution < -0.4 is 5.32 Å². The van der Waals surface area contributed by atoms with Gasteiger partial charge in [-0.1, -0.05) is 30.3 Å². The van der Waals surface area contributed by atoms with Crippen molar-refractivity contribution < 1.29 is 19.4 Å². The van der Waals surface area contributed by atoms with Crippen molar-refractivity contribution in [2.45, 2.75) is 25.5 Å². The topological polar surface area (TPSA) is 78.9 Å². The van der Waals surface area contributed by atoms with E-state index < -0.39 is 17.5 Å². The molecule has 0 radical (unpaired) electrons. The highest BCUT2D eigenvalue weighted by Crippen LogP contribution is 2.16. The van der Waals surface area contributed by atoms with E-state index in [1.54, 1.807) is 7.11 Å². The summed E-state index contributed by atoms with van der Waals surface area (Å²) >= 11 is 0. The zero-order valence-electron chi connectivity index (χ0n) is 12.8. The molecule has 6 nitrogen and oxygen atoms in total. The normalized spacial score (nSPS) is 12.6. The second-order valence-corrected chi connectivity index (χ2v) is 5.24. The molecule has 0 fully saturated rings. The molecular formula is C15H22N2O4. The van der Waals surface area contributed by atoms with Gasteiger partial charge in [0.2, 0.25) is 0 Å². The first-order valence-electron chi connectivity index (χ1n) is 6.63. The molecule has 0 heterocycles. The Kier molecular flexibility index (Phi) is 5.72. The van der Waals surface area contributed by atoms with Crippen LogP contribution in [0.1, 0.15) is 25.5 Å². The average Bonchev–Trinajstić information content (AvgIpc) is 2.47. The van der Waals surface area contributed by atoms with Crippen LogP contribution in [0, 0.1) is 0 Å². The molecule has 0 aliphatic heterocycles. The molecule has 21 heavy (non-hydrogen) atoms. The molecule has 0 aliphatic carbocycles. The van der Waals surface area contributed by atoms with Gasteiger partial charge in [0.1, 0.15) is 5.54 Å². The largest absolute Gasteiger partial charge is 0.480 e. The first-order valence-corrected chi connectivity index (χ1v) is 6.63. The fourth-order valence-electron chi connectivity index (χ4n) is 1.70. The van der Waals surface area contributed by atoms with Crippen LogP contribution in [-0.2, 0) is 9.53 Å². The van der Waals surface area contributed by atoms with Gasteiger partial charge in [-0.15, -0.1) is 0 Å². The number of ether oxygens (including phenoxy) is 1. The number of methoxy groups -OCH3 is 1. The maximum Gasteiger partial charge on any atom is 0.329 e. The number of nitrogens with one attached hydrogen (secondary N) is 1. The first-order chi connectivity index (χ1) is 9.80. The lowest BCUT2D eigenvalue weighted by atomic mass is 10.0. The summed E-state index contributed by atoms with van der Waals surface area (Å²) in [6.07, 6.45) is -0.281. The number of amides is 2. The summed E-state index contributed by atoms with van der Waals surface area (Å²) in [6.45, 7) is 3.21. The highest BCUT2D eigenvalue weighted by molar-refractivity contribution is 5.85. The number of hydrogen-bond acceptors (Lipinski definition) is 3. The van der Waals surface area contributed by atoms with Gasteiger partial charge >= 0.3 is 12.0 Å². The van der Waals surface area contributed by atoms with Crippen LogP contribution in [0.3, 0.4) is 0 Å². The van der Waals surface area contributed by atoms with Gasteiger partial charge in [-0.25, -0.2) is 9.59 Å². The van der Waals surface area contributed by atoms with Crippen molar-refractivity contribution in [2.75, 3.05) is 20.7 Å². The van der Waals surface area contributed by atoms with Gasteiger partial charge in [0.15, 0.2) is 0 Å². The van der Waals surface area contributed by atoms with Gasteiger partial charge in [0.05, 0.1) is 6.10 Å². The number of benzene rings is 1. The van der Waals surface area contributed by atoms with Crippen molar-refractivity contribution in [1.82, 2.24) is 10.2 Å². The lowest BCUT2D eigenvalue weighted by molar-refractivity contribution is -0.146. The average molecular weight is 294 g/mol. The number of carbonyl (C=O) groups excluding carboxylic acids is 1. The predicted molar refractivity (Wildman–Crippen MR) is 79.1 cm³/mol. The second kappa shape index (κ2) is 7.08. The molecule has 0 saturated heterocycles. The van der Waals surface area contributed by atoms with Crippen molar-refractivity contribution in [3.8, 4) is 0 Å². The third-order valence-electron chi connectivity index (χ3n) is 3.56. The van der Waals surface area contributed by atoms with Crippen molar-refractivity contribution >= 4 is 12.0 Å². The van der Waals surface area contributed by atoms with Gasteiger partial charge in [-0.3, -0.25) is 0 Å². The van der Waals surface area contributed by atoms with E-state index in [-0.39, 0.29) is 12.6 Å². The van der Waals surface area contributed by atoms with Crippen LogP contribution >= 0.6 is 0 Å². The number of aliphatic carboxylic acids is 1. The Labute approximate surface area is 124 Å². The van der Waals surface area contributed by atoms with Gasteiger partial charge in [-0.2, -0.15) is 0 Å². The molecule has 6 heteroatoms. The third-order valence-corrected chi connectivity index (χ3v) is 3.56. The molecule has 0 spiro atoms. The van der Waals surface area contributed by atoms with Gasteiger partial charge in [-0.05, 0) is 19.4 Å². The van der Waals surface area contributed by atoms with E-state index in [1.807, 2.05) is 30.3 Å². The van der Waals surface area contributed by atoms with E-state index in [0.29, 0.717) is 0 Å². The molecule has 0 aliphatic rings. The number of likely N-dealkylation sites (N-methyl/N-ethyl adjacent to an activating group) is 1. The molecule has 0 saturated carbocycles. The number of carbonyl (C=O) groups is 2. The molecule has 0 aromatic heterocycles. The Bertz CT molecular complexity index is 488. The summed E-state index contributed by atoms with van der Waals surface area (Å²) in [5.41, 5.74) is -0.334. The fraction of sp³-hybridized carbons (Fsp3) is 0.467. The van der Waals surface area contributed by atoms with E-state index in [4.69, 9.17) is 9.84 Å². The molecule has 2 amide bonds. The zero-order chi connectivity index (χ0) is 16.0. The SMILES string of the molecule is COC(CNC(=O)N(C)C(C)(C)C(=O)O)c1ccccc1. The quantitative estimate of drug-likeness (QED) is 0.839.